The van der Waals surface area contributed by atoms with E-state index < -0.39 is 17.4 Å². The molecule has 0 aromatic carbocycles. The van der Waals surface area contributed by atoms with E-state index in [1.165, 1.54) is 26.6 Å². The van der Waals surface area contributed by atoms with Crippen molar-refractivity contribution >= 4 is 11.9 Å². The number of esters is 2. The van der Waals surface area contributed by atoms with Gasteiger partial charge in [0.2, 0.25) is 5.41 Å². The summed E-state index contributed by atoms with van der Waals surface area (Å²) in [5, 5.41) is 0. The molecular formula is C8H10O5. The van der Waals surface area contributed by atoms with Gasteiger partial charge in [0.05, 0.1) is 20.5 Å². The Morgan fingerprint density at radius 2 is 1.85 bits per heavy atom. The highest BCUT2D eigenvalue weighted by molar-refractivity contribution is 6.02. The number of hydrogen-bond acceptors (Lipinski definition) is 5. The standard InChI is InChI=1S/C8H10O5/c1-11-6(9)8(7(10)12-2)3-4-13-5-8/h3-4H,5H2,1-2H3. The van der Waals surface area contributed by atoms with E-state index in [0.29, 0.717) is 0 Å². The van der Waals surface area contributed by atoms with E-state index in [-0.39, 0.29) is 6.61 Å². The van der Waals surface area contributed by atoms with E-state index >= 15 is 0 Å². The Hall–Kier alpha value is -1.52. The molecule has 5 heteroatoms. The van der Waals surface area contributed by atoms with Crippen molar-refractivity contribution in [3.63, 3.8) is 0 Å². The summed E-state index contributed by atoms with van der Waals surface area (Å²) < 4.78 is 13.8. The highest BCUT2D eigenvalue weighted by Crippen LogP contribution is 2.28. The number of carbonyl (C=O) groups is 2. The van der Waals surface area contributed by atoms with Crippen LogP contribution in [0.15, 0.2) is 12.3 Å². The van der Waals surface area contributed by atoms with E-state index in [2.05, 4.69) is 9.47 Å². The molecular weight excluding hydrogens is 176 g/mol. The molecule has 0 radical (unpaired) electrons. The first-order valence-corrected chi connectivity index (χ1v) is 3.63. The van der Waals surface area contributed by atoms with Crippen molar-refractivity contribution in [2.45, 2.75) is 0 Å². The number of rotatable bonds is 2. The van der Waals surface area contributed by atoms with Gasteiger partial charge in [-0.15, -0.1) is 0 Å². The lowest BCUT2D eigenvalue weighted by Crippen LogP contribution is -2.41. The lowest BCUT2D eigenvalue weighted by Gasteiger charge is -2.18. The molecule has 0 aliphatic carbocycles. The fourth-order valence-corrected chi connectivity index (χ4v) is 1.09. The van der Waals surface area contributed by atoms with Crippen LogP contribution >= 0.6 is 0 Å². The average molecular weight is 186 g/mol. The topological polar surface area (TPSA) is 61.8 Å². The lowest BCUT2D eigenvalue weighted by atomic mass is 9.90. The van der Waals surface area contributed by atoms with Crippen LogP contribution < -0.4 is 0 Å². The second kappa shape index (κ2) is 3.47. The summed E-state index contributed by atoms with van der Waals surface area (Å²) >= 11 is 0. The Labute approximate surface area is 75.3 Å². The van der Waals surface area contributed by atoms with Crippen LogP contribution in [0.5, 0.6) is 0 Å². The minimum Gasteiger partial charge on any atom is -0.499 e. The smallest absolute Gasteiger partial charge is 0.330 e. The van der Waals surface area contributed by atoms with Gasteiger partial charge in [0.15, 0.2) is 0 Å². The van der Waals surface area contributed by atoms with Crippen LogP contribution in [0, 0.1) is 5.41 Å². The third-order valence-corrected chi connectivity index (χ3v) is 1.86. The van der Waals surface area contributed by atoms with Crippen LogP contribution in [-0.2, 0) is 23.8 Å². The Bertz CT molecular complexity index is 239. The van der Waals surface area contributed by atoms with Crippen LogP contribution in [-0.4, -0.2) is 32.8 Å². The highest BCUT2D eigenvalue weighted by Gasteiger charge is 2.49. The van der Waals surface area contributed by atoms with Crippen molar-refractivity contribution < 1.29 is 23.8 Å². The molecule has 0 saturated carbocycles. The predicted octanol–water partition coefficient (Wildman–Crippen LogP) is -0.137. The van der Waals surface area contributed by atoms with Crippen LogP contribution in [0.25, 0.3) is 0 Å². The molecule has 0 N–H and O–H groups in total. The Kier molecular flexibility index (Phi) is 2.55. The second-order valence-corrected chi connectivity index (χ2v) is 2.57. The van der Waals surface area contributed by atoms with Crippen molar-refractivity contribution in [2.75, 3.05) is 20.8 Å². The summed E-state index contributed by atoms with van der Waals surface area (Å²) in [6.45, 7) is -0.0631. The third kappa shape index (κ3) is 1.37. The summed E-state index contributed by atoms with van der Waals surface area (Å²) in [7, 11) is 2.42. The van der Waals surface area contributed by atoms with Crippen LogP contribution in [0.1, 0.15) is 0 Å². The zero-order chi connectivity index (χ0) is 9.90. The number of ether oxygens (including phenoxy) is 3. The zero-order valence-electron chi connectivity index (χ0n) is 7.40. The fourth-order valence-electron chi connectivity index (χ4n) is 1.09. The van der Waals surface area contributed by atoms with Gasteiger partial charge in [-0.2, -0.15) is 0 Å². The first-order chi connectivity index (χ1) is 6.17. The lowest BCUT2D eigenvalue weighted by molar-refractivity contribution is -0.166. The molecule has 72 valence electrons. The van der Waals surface area contributed by atoms with Crippen LogP contribution in [0.2, 0.25) is 0 Å². The normalized spacial score (nSPS) is 17.7. The van der Waals surface area contributed by atoms with Crippen molar-refractivity contribution in [3.8, 4) is 0 Å². The zero-order valence-corrected chi connectivity index (χ0v) is 7.40. The molecule has 0 atom stereocenters. The molecule has 0 aromatic rings. The van der Waals surface area contributed by atoms with Crippen LogP contribution in [0.4, 0.5) is 0 Å². The predicted molar refractivity (Wildman–Crippen MR) is 41.6 cm³/mol. The molecule has 0 fully saturated rings. The molecule has 0 amide bonds. The molecule has 0 unspecified atom stereocenters. The van der Waals surface area contributed by atoms with Crippen molar-refractivity contribution in [2.24, 2.45) is 5.41 Å². The SMILES string of the molecule is COC(=O)C1(C(=O)OC)C=COC1. The van der Waals surface area contributed by atoms with Gasteiger partial charge in [0, 0.05) is 0 Å². The van der Waals surface area contributed by atoms with E-state index in [0.717, 1.165) is 0 Å². The van der Waals surface area contributed by atoms with Gasteiger partial charge in [-0.25, -0.2) is 0 Å². The van der Waals surface area contributed by atoms with E-state index in [1.807, 2.05) is 0 Å². The van der Waals surface area contributed by atoms with Gasteiger partial charge in [0.1, 0.15) is 6.61 Å². The second-order valence-electron chi connectivity index (χ2n) is 2.57. The van der Waals surface area contributed by atoms with Gasteiger partial charge in [-0.3, -0.25) is 9.59 Å². The summed E-state index contributed by atoms with van der Waals surface area (Å²) in [4.78, 5) is 22.6. The summed E-state index contributed by atoms with van der Waals surface area (Å²) in [5.41, 5.74) is -1.41. The maximum atomic E-state index is 11.3. The first kappa shape index (κ1) is 9.57. The van der Waals surface area contributed by atoms with Crippen molar-refractivity contribution in [1.82, 2.24) is 0 Å². The number of hydrogen-bond donors (Lipinski definition) is 0. The Morgan fingerprint density at radius 3 is 2.15 bits per heavy atom. The van der Waals surface area contributed by atoms with Crippen molar-refractivity contribution in [3.05, 3.63) is 12.3 Å². The Balaban J connectivity index is 2.94. The van der Waals surface area contributed by atoms with E-state index in [4.69, 9.17) is 4.74 Å². The molecule has 0 bridgehead atoms. The third-order valence-electron chi connectivity index (χ3n) is 1.86. The van der Waals surface area contributed by atoms with Gasteiger partial charge < -0.3 is 14.2 Å². The highest BCUT2D eigenvalue weighted by atomic mass is 16.6. The maximum absolute atomic E-state index is 11.3. The molecule has 1 heterocycles. The minimum absolute atomic E-state index is 0.0631. The van der Waals surface area contributed by atoms with Crippen LogP contribution in [0.3, 0.4) is 0 Å². The molecule has 1 aliphatic rings. The van der Waals surface area contributed by atoms with Gasteiger partial charge >= 0.3 is 11.9 Å². The molecule has 1 aliphatic heterocycles. The van der Waals surface area contributed by atoms with Gasteiger partial charge in [0.25, 0.3) is 0 Å². The van der Waals surface area contributed by atoms with E-state index in [9.17, 15) is 9.59 Å². The quantitative estimate of drug-likeness (QED) is 0.443. The van der Waals surface area contributed by atoms with Crippen molar-refractivity contribution in [1.29, 1.82) is 0 Å². The molecule has 0 aromatic heterocycles. The molecule has 0 spiro atoms. The minimum atomic E-state index is -1.41. The molecule has 0 saturated heterocycles. The van der Waals surface area contributed by atoms with E-state index in [1.54, 1.807) is 0 Å². The van der Waals surface area contributed by atoms with Gasteiger partial charge in [-0.1, -0.05) is 0 Å². The summed E-state index contributed by atoms with van der Waals surface area (Å²) in [5.74, 6) is -1.35. The largest absolute Gasteiger partial charge is 0.499 e. The fraction of sp³-hybridized carbons (Fsp3) is 0.500. The molecule has 5 nitrogen and oxygen atoms in total. The number of carbonyl (C=O) groups excluding carboxylic acids is 2. The number of methoxy groups -OCH3 is 2. The first-order valence-electron chi connectivity index (χ1n) is 3.63. The molecule has 13 heavy (non-hydrogen) atoms. The monoisotopic (exact) mass is 186 g/mol. The Morgan fingerprint density at radius 1 is 1.31 bits per heavy atom. The molecule has 1 rings (SSSR count). The maximum Gasteiger partial charge on any atom is 0.330 e. The van der Waals surface area contributed by atoms with Gasteiger partial charge in [-0.05, 0) is 6.08 Å². The summed E-state index contributed by atoms with van der Waals surface area (Å²) in [6.07, 6.45) is 2.62. The average Bonchev–Trinajstić information content (AvgIpc) is 2.65. The summed E-state index contributed by atoms with van der Waals surface area (Å²) in [6, 6.07) is 0.